The SMILES string of the molecule is O=C(CCCSc1ccc(Cl)cc1)OC1CN(c2nc3ccc(F)cc3s2)C1. The van der Waals surface area contributed by atoms with Crippen molar-refractivity contribution < 1.29 is 13.9 Å². The quantitative estimate of drug-likeness (QED) is 0.282. The van der Waals surface area contributed by atoms with Gasteiger partial charge in [-0.2, -0.15) is 0 Å². The summed E-state index contributed by atoms with van der Waals surface area (Å²) in [5.41, 5.74) is 0.792. The highest BCUT2D eigenvalue weighted by molar-refractivity contribution is 7.99. The summed E-state index contributed by atoms with van der Waals surface area (Å²) in [5, 5.41) is 1.56. The first kappa shape index (κ1) is 19.5. The van der Waals surface area contributed by atoms with Crippen molar-refractivity contribution in [2.24, 2.45) is 0 Å². The van der Waals surface area contributed by atoms with Gasteiger partial charge in [-0.25, -0.2) is 9.37 Å². The number of carbonyl (C=O) groups is 1. The molecule has 28 heavy (non-hydrogen) atoms. The average Bonchev–Trinajstić information content (AvgIpc) is 3.05. The minimum atomic E-state index is -0.257. The van der Waals surface area contributed by atoms with Gasteiger partial charge >= 0.3 is 5.97 Å². The van der Waals surface area contributed by atoms with E-state index in [0.717, 1.165) is 37.4 Å². The van der Waals surface area contributed by atoms with Crippen LogP contribution in [0.3, 0.4) is 0 Å². The van der Waals surface area contributed by atoms with E-state index in [1.807, 2.05) is 24.3 Å². The van der Waals surface area contributed by atoms with Crippen LogP contribution in [0.4, 0.5) is 9.52 Å². The van der Waals surface area contributed by atoms with Crippen LogP contribution in [0.25, 0.3) is 10.2 Å². The van der Waals surface area contributed by atoms with E-state index in [-0.39, 0.29) is 17.9 Å². The Morgan fingerprint density at radius 2 is 2.07 bits per heavy atom. The molecule has 0 saturated carbocycles. The normalized spacial score (nSPS) is 14.3. The van der Waals surface area contributed by atoms with Crippen LogP contribution in [0, 0.1) is 5.82 Å². The van der Waals surface area contributed by atoms with Crippen molar-refractivity contribution in [3.63, 3.8) is 0 Å². The highest BCUT2D eigenvalue weighted by Crippen LogP contribution is 2.32. The summed E-state index contributed by atoms with van der Waals surface area (Å²) in [7, 11) is 0. The number of hydrogen-bond donors (Lipinski definition) is 0. The Morgan fingerprint density at radius 1 is 1.29 bits per heavy atom. The van der Waals surface area contributed by atoms with Gasteiger partial charge in [-0.15, -0.1) is 11.8 Å². The molecular weight excluding hydrogens is 419 g/mol. The van der Waals surface area contributed by atoms with Gasteiger partial charge in [0.25, 0.3) is 0 Å². The van der Waals surface area contributed by atoms with Crippen molar-refractivity contribution in [1.29, 1.82) is 0 Å². The third kappa shape index (κ3) is 4.77. The fourth-order valence-electron chi connectivity index (χ4n) is 2.87. The third-order valence-corrected chi connectivity index (χ3v) is 6.79. The molecule has 8 heteroatoms. The van der Waals surface area contributed by atoms with Crippen LogP contribution in [0.5, 0.6) is 0 Å². The van der Waals surface area contributed by atoms with Crippen molar-refractivity contribution in [3.05, 3.63) is 53.3 Å². The lowest BCUT2D eigenvalue weighted by molar-refractivity contribution is -0.150. The van der Waals surface area contributed by atoms with E-state index in [9.17, 15) is 9.18 Å². The van der Waals surface area contributed by atoms with Crippen LogP contribution in [-0.2, 0) is 9.53 Å². The number of ether oxygens (including phenoxy) is 1. The molecular formula is C20H18ClFN2O2S2. The van der Waals surface area contributed by atoms with E-state index in [4.69, 9.17) is 16.3 Å². The summed E-state index contributed by atoms with van der Waals surface area (Å²) in [5.74, 6) is 0.440. The summed E-state index contributed by atoms with van der Waals surface area (Å²) < 4.78 is 19.6. The lowest BCUT2D eigenvalue weighted by atomic mass is 10.2. The number of esters is 1. The Bertz CT molecular complexity index is 974. The van der Waals surface area contributed by atoms with Gasteiger partial charge in [0, 0.05) is 16.3 Å². The molecule has 1 fully saturated rings. The minimum Gasteiger partial charge on any atom is -0.459 e. The maximum absolute atomic E-state index is 13.3. The van der Waals surface area contributed by atoms with Gasteiger partial charge in [0.05, 0.1) is 23.3 Å². The van der Waals surface area contributed by atoms with Crippen molar-refractivity contribution in [2.45, 2.75) is 23.8 Å². The highest BCUT2D eigenvalue weighted by Gasteiger charge is 2.31. The average molecular weight is 437 g/mol. The number of nitrogens with zero attached hydrogens (tertiary/aromatic N) is 2. The highest BCUT2D eigenvalue weighted by atomic mass is 35.5. The molecule has 2 heterocycles. The molecule has 0 atom stereocenters. The molecule has 0 unspecified atom stereocenters. The molecule has 2 aromatic carbocycles. The van der Waals surface area contributed by atoms with Gasteiger partial charge in [-0.05, 0) is 54.6 Å². The molecule has 1 aromatic heterocycles. The molecule has 0 bridgehead atoms. The second-order valence-electron chi connectivity index (χ2n) is 6.53. The zero-order valence-electron chi connectivity index (χ0n) is 14.9. The summed E-state index contributed by atoms with van der Waals surface area (Å²) in [6.45, 7) is 1.27. The van der Waals surface area contributed by atoms with E-state index in [1.54, 1.807) is 17.8 Å². The van der Waals surface area contributed by atoms with Gasteiger partial charge < -0.3 is 9.64 Å². The van der Waals surface area contributed by atoms with E-state index in [0.29, 0.717) is 19.5 Å². The van der Waals surface area contributed by atoms with Crippen LogP contribution in [0.1, 0.15) is 12.8 Å². The molecule has 3 aromatic rings. The number of anilines is 1. The zero-order chi connectivity index (χ0) is 19.5. The first-order valence-corrected chi connectivity index (χ1v) is 11.1. The van der Waals surface area contributed by atoms with Crippen molar-refractivity contribution in [3.8, 4) is 0 Å². The molecule has 0 spiro atoms. The van der Waals surface area contributed by atoms with Crippen LogP contribution < -0.4 is 4.90 Å². The van der Waals surface area contributed by atoms with Crippen LogP contribution in [-0.4, -0.2) is 35.9 Å². The lowest BCUT2D eigenvalue weighted by Gasteiger charge is -2.38. The number of halogens is 2. The molecule has 4 nitrogen and oxygen atoms in total. The number of rotatable bonds is 7. The van der Waals surface area contributed by atoms with Crippen molar-refractivity contribution in [2.75, 3.05) is 23.7 Å². The minimum absolute atomic E-state index is 0.0971. The Morgan fingerprint density at radius 3 is 2.86 bits per heavy atom. The molecule has 146 valence electrons. The standard InChI is InChI=1S/C20H18ClFN2O2S2/c21-13-3-6-16(7-4-13)27-9-1-2-19(25)26-15-11-24(12-15)20-23-17-8-5-14(22)10-18(17)28-20/h3-8,10,15H,1-2,9,11-12H2. The van der Waals surface area contributed by atoms with Crippen LogP contribution >= 0.6 is 34.7 Å². The summed E-state index contributed by atoms with van der Waals surface area (Å²) in [4.78, 5) is 19.7. The predicted molar refractivity (Wildman–Crippen MR) is 113 cm³/mol. The smallest absolute Gasteiger partial charge is 0.306 e. The predicted octanol–water partition coefficient (Wildman–Crippen LogP) is 5.39. The fourth-order valence-corrected chi connectivity index (χ4v) is 4.86. The maximum Gasteiger partial charge on any atom is 0.306 e. The maximum atomic E-state index is 13.3. The van der Waals surface area contributed by atoms with E-state index in [2.05, 4.69) is 9.88 Å². The molecule has 1 saturated heterocycles. The first-order valence-electron chi connectivity index (χ1n) is 8.96. The van der Waals surface area contributed by atoms with E-state index in [1.165, 1.54) is 23.5 Å². The zero-order valence-corrected chi connectivity index (χ0v) is 17.3. The number of aromatic nitrogens is 1. The second-order valence-corrected chi connectivity index (χ2v) is 9.15. The molecule has 1 aliphatic heterocycles. The Hall–Kier alpha value is -1.83. The molecule has 0 N–H and O–H groups in total. The monoisotopic (exact) mass is 436 g/mol. The summed E-state index contributed by atoms with van der Waals surface area (Å²) in [6, 6.07) is 12.3. The topological polar surface area (TPSA) is 42.4 Å². The number of benzene rings is 2. The first-order chi connectivity index (χ1) is 13.6. The number of thioether (sulfide) groups is 1. The molecule has 0 radical (unpaired) electrons. The van der Waals surface area contributed by atoms with E-state index >= 15 is 0 Å². The molecule has 0 aliphatic carbocycles. The number of carbonyl (C=O) groups excluding carboxylic acids is 1. The summed E-state index contributed by atoms with van der Waals surface area (Å²) >= 11 is 9.02. The number of hydrogen-bond acceptors (Lipinski definition) is 6. The van der Waals surface area contributed by atoms with Gasteiger partial charge in [0.2, 0.25) is 0 Å². The summed E-state index contributed by atoms with van der Waals surface area (Å²) in [6.07, 6.45) is 1.09. The third-order valence-electron chi connectivity index (χ3n) is 4.36. The van der Waals surface area contributed by atoms with Crippen molar-refractivity contribution >= 4 is 56.0 Å². The van der Waals surface area contributed by atoms with Crippen molar-refractivity contribution in [1.82, 2.24) is 4.98 Å². The number of fused-ring (bicyclic) bond motifs is 1. The van der Waals surface area contributed by atoms with Gasteiger partial charge in [-0.3, -0.25) is 4.79 Å². The molecule has 4 rings (SSSR count). The van der Waals surface area contributed by atoms with E-state index < -0.39 is 0 Å². The largest absolute Gasteiger partial charge is 0.459 e. The van der Waals surface area contributed by atoms with Gasteiger partial charge in [0.15, 0.2) is 5.13 Å². The van der Waals surface area contributed by atoms with Gasteiger partial charge in [0.1, 0.15) is 11.9 Å². The lowest BCUT2D eigenvalue weighted by Crippen LogP contribution is -2.53. The Kier molecular flexibility index (Phi) is 6.04. The second kappa shape index (κ2) is 8.68. The molecule has 1 aliphatic rings. The van der Waals surface area contributed by atoms with Crippen LogP contribution in [0.15, 0.2) is 47.4 Å². The molecule has 0 amide bonds. The van der Waals surface area contributed by atoms with Crippen LogP contribution in [0.2, 0.25) is 5.02 Å². The van der Waals surface area contributed by atoms with Gasteiger partial charge in [-0.1, -0.05) is 22.9 Å². The number of thiazole rings is 1. The Labute approximate surface area is 175 Å². The fraction of sp³-hybridized carbons (Fsp3) is 0.300. The Balaban J connectivity index is 1.16.